The lowest BCUT2D eigenvalue weighted by Gasteiger charge is -2.29. The van der Waals surface area contributed by atoms with E-state index in [-0.39, 0.29) is 17.4 Å². The normalized spacial score (nSPS) is 16.8. The third kappa shape index (κ3) is 3.56. The Bertz CT molecular complexity index is 1500. The molecule has 7 nitrogen and oxygen atoms in total. The van der Waals surface area contributed by atoms with Crippen LogP contribution in [0, 0.1) is 6.92 Å². The zero-order valence-corrected chi connectivity index (χ0v) is 20.5. The number of imidazole rings is 1. The SMILES string of the molecule is Cc1cc2c(cc1C(=O)N1CCc3ccc(Br)cc3C1)[nH]c(=O)c1cnc(C3CCOCC3)n12. The van der Waals surface area contributed by atoms with Crippen LogP contribution in [0.5, 0.6) is 0 Å². The number of ether oxygens (including phenoxy) is 1. The van der Waals surface area contributed by atoms with Gasteiger partial charge in [0.2, 0.25) is 0 Å². The Labute approximate surface area is 204 Å². The fourth-order valence-electron chi connectivity index (χ4n) is 5.29. The van der Waals surface area contributed by atoms with Gasteiger partial charge in [0.15, 0.2) is 0 Å². The lowest BCUT2D eigenvalue weighted by molar-refractivity contribution is 0.0734. The van der Waals surface area contributed by atoms with Crippen molar-refractivity contribution in [2.24, 2.45) is 0 Å². The van der Waals surface area contributed by atoms with Crippen molar-refractivity contribution in [1.29, 1.82) is 0 Å². The summed E-state index contributed by atoms with van der Waals surface area (Å²) in [5.74, 6) is 1.13. The number of rotatable bonds is 2. The summed E-state index contributed by atoms with van der Waals surface area (Å²) in [6.45, 7) is 4.62. The van der Waals surface area contributed by atoms with Crippen LogP contribution < -0.4 is 5.56 Å². The summed E-state index contributed by atoms with van der Waals surface area (Å²) in [5, 5.41) is 0. The van der Waals surface area contributed by atoms with Crippen molar-refractivity contribution in [1.82, 2.24) is 19.3 Å². The van der Waals surface area contributed by atoms with E-state index in [1.807, 2.05) is 34.4 Å². The maximum absolute atomic E-state index is 13.6. The van der Waals surface area contributed by atoms with E-state index >= 15 is 0 Å². The quantitative estimate of drug-likeness (QED) is 0.426. The number of nitrogens with zero attached hydrogens (tertiary/aromatic N) is 3. The molecule has 1 amide bonds. The minimum Gasteiger partial charge on any atom is -0.381 e. The summed E-state index contributed by atoms with van der Waals surface area (Å²) < 4.78 is 8.51. The number of H-pyrrole nitrogens is 1. The van der Waals surface area contributed by atoms with Gasteiger partial charge in [0, 0.05) is 42.3 Å². The third-order valence-corrected chi connectivity index (χ3v) is 7.63. The molecule has 2 aromatic heterocycles. The van der Waals surface area contributed by atoms with Crippen LogP contribution in [0.1, 0.15) is 51.6 Å². The number of aryl methyl sites for hydroxylation is 1. The number of halogens is 1. The van der Waals surface area contributed by atoms with E-state index in [2.05, 4.69) is 38.0 Å². The highest BCUT2D eigenvalue weighted by Gasteiger charge is 2.26. The fourth-order valence-corrected chi connectivity index (χ4v) is 5.70. The van der Waals surface area contributed by atoms with Gasteiger partial charge in [-0.1, -0.05) is 22.0 Å². The zero-order chi connectivity index (χ0) is 23.4. The lowest BCUT2D eigenvalue weighted by Crippen LogP contribution is -2.36. The van der Waals surface area contributed by atoms with Crippen LogP contribution in [0.15, 0.2) is 45.8 Å². The molecule has 0 spiro atoms. The van der Waals surface area contributed by atoms with Crippen molar-refractivity contribution in [3.05, 3.63) is 79.4 Å². The Balaban J connectivity index is 1.42. The minimum absolute atomic E-state index is 0.0127. The van der Waals surface area contributed by atoms with E-state index < -0.39 is 0 Å². The Morgan fingerprint density at radius 1 is 1.15 bits per heavy atom. The van der Waals surface area contributed by atoms with Gasteiger partial charge in [-0.2, -0.15) is 0 Å². The molecule has 2 aliphatic rings. The molecule has 0 bridgehead atoms. The average Bonchev–Trinajstić information content (AvgIpc) is 3.30. The first-order valence-corrected chi connectivity index (χ1v) is 12.5. The standard InChI is InChI=1S/C26H25BrN4O3/c1-15-10-22-21(29-25(32)23-13-28-24(31(22)23)17-5-8-34-9-6-17)12-20(15)26(33)30-7-4-16-2-3-19(27)11-18(16)14-30/h2-3,10-13,17H,4-9,14H2,1H3,(H,29,32). The maximum Gasteiger partial charge on any atom is 0.274 e. The van der Waals surface area contributed by atoms with Crippen molar-refractivity contribution in [3.8, 4) is 0 Å². The second kappa shape index (κ2) is 8.36. The second-order valence-corrected chi connectivity index (χ2v) is 10.2. The Morgan fingerprint density at radius 2 is 1.97 bits per heavy atom. The lowest BCUT2D eigenvalue weighted by atomic mass is 9.98. The molecule has 6 rings (SSSR count). The van der Waals surface area contributed by atoms with Gasteiger partial charge in [-0.05, 0) is 67.1 Å². The van der Waals surface area contributed by atoms with Gasteiger partial charge in [-0.15, -0.1) is 0 Å². The maximum atomic E-state index is 13.6. The molecule has 34 heavy (non-hydrogen) atoms. The van der Waals surface area contributed by atoms with Gasteiger partial charge in [0.05, 0.1) is 17.2 Å². The van der Waals surface area contributed by atoms with Crippen molar-refractivity contribution in [3.63, 3.8) is 0 Å². The van der Waals surface area contributed by atoms with Crippen LogP contribution in [0.3, 0.4) is 0 Å². The van der Waals surface area contributed by atoms with Crippen LogP contribution in [-0.4, -0.2) is 44.9 Å². The molecule has 4 heterocycles. The molecular formula is C26H25BrN4O3. The molecule has 0 aliphatic carbocycles. The number of hydrogen-bond donors (Lipinski definition) is 1. The van der Waals surface area contributed by atoms with Gasteiger partial charge in [-0.3, -0.25) is 14.0 Å². The Morgan fingerprint density at radius 3 is 2.79 bits per heavy atom. The molecule has 1 saturated heterocycles. The monoisotopic (exact) mass is 520 g/mol. The van der Waals surface area contributed by atoms with Crippen molar-refractivity contribution in [2.75, 3.05) is 19.8 Å². The molecule has 1 N–H and O–H groups in total. The molecular weight excluding hydrogens is 496 g/mol. The van der Waals surface area contributed by atoms with Gasteiger partial charge in [0.25, 0.3) is 11.5 Å². The van der Waals surface area contributed by atoms with Crippen LogP contribution in [0.2, 0.25) is 0 Å². The van der Waals surface area contributed by atoms with Crippen molar-refractivity contribution < 1.29 is 9.53 Å². The minimum atomic E-state index is -0.197. The first-order chi connectivity index (χ1) is 16.5. The van der Waals surface area contributed by atoms with E-state index in [9.17, 15) is 9.59 Å². The number of aromatic nitrogens is 3. The number of carbonyl (C=O) groups is 1. The summed E-state index contributed by atoms with van der Waals surface area (Å²) in [7, 11) is 0. The molecule has 0 unspecified atom stereocenters. The van der Waals surface area contributed by atoms with Gasteiger partial charge < -0.3 is 14.6 Å². The van der Waals surface area contributed by atoms with Crippen LogP contribution in [-0.2, 0) is 17.7 Å². The largest absolute Gasteiger partial charge is 0.381 e. The van der Waals surface area contributed by atoms with Crippen LogP contribution in [0.25, 0.3) is 16.6 Å². The molecule has 0 atom stereocenters. The zero-order valence-electron chi connectivity index (χ0n) is 18.9. The second-order valence-electron chi connectivity index (χ2n) is 9.25. The third-order valence-electron chi connectivity index (χ3n) is 7.14. The van der Waals surface area contributed by atoms with E-state index in [4.69, 9.17) is 4.74 Å². The average molecular weight is 521 g/mol. The Hall–Kier alpha value is -2.97. The molecule has 0 saturated carbocycles. The number of amides is 1. The predicted octanol–water partition coefficient (Wildman–Crippen LogP) is 4.34. The smallest absolute Gasteiger partial charge is 0.274 e. The Kier molecular flexibility index (Phi) is 5.30. The molecule has 1 fully saturated rings. The van der Waals surface area contributed by atoms with E-state index in [1.165, 1.54) is 11.1 Å². The summed E-state index contributed by atoms with van der Waals surface area (Å²) in [6, 6.07) is 10.1. The first-order valence-electron chi connectivity index (χ1n) is 11.7. The van der Waals surface area contributed by atoms with Gasteiger partial charge in [-0.25, -0.2) is 4.98 Å². The summed E-state index contributed by atoms with van der Waals surface area (Å²) in [5.41, 5.74) is 5.82. The van der Waals surface area contributed by atoms with Crippen LogP contribution in [0.4, 0.5) is 0 Å². The molecule has 2 aliphatic heterocycles. The van der Waals surface area contributed by atoms with Gasteiger partial charge in [0.1, 0.15) is 11.3 Å². The molecule has 4 aromatic rings. The highest BCUT2D eigenvalue weighted by Crippen LogP contribution is 2.30. The number of benzene rings is 2. The highest BCUT2D eigenvalue weighted by atomic mass is 79.9. The summed E-state index contributed by atoms with van der Waals surface area (Å²) in [4.78, 5) is 35.9. The van der Waals surface area contributed by atoms with E-state index in [0.717, 1.165) is 40.6 Å². The number of hydrogen-bond acceptors (Lipinski definition) is 4. The van der Waals surface area contributed by atoms with Crippen molar-refractivity contribution >= 4 is 38.4 Å². The van der Waals surface area contributed by atoms with Crippen LogP contribution >= 0.6 is 15.9 Å². The topological polar surface area (TPSA) is 79.7 Å². The molecule has 8 heteroatoms. The molecule has 174 valence electrons. The molecule has 2 aromatic carbocycles. The first kappa shape index (κ1) is 21.6. The number of carbonyl (C=O) groups excluding carboxylic acids is 1. The number of aromatic amines is 1. The number of fused-ring (bicyclic) bond motifs is 4. The molecule has 0 radical (unpaired) electrons. The highest BCUT2D eigenvalue weighted by molar-refractivity contribution is 9.10. The predicted molar refractivity (Wildman–Crippen MR) is 133 cm³/mol. The van der Waals surface area contributed by atoms with Gasteiger partial charge >= 0.3 is 0 Å². The summed E-state index contributed by atoms with van der Waals surface area (Å²) >= 11 is 3.54. The summed E-state index contributed by atoms with van der Waals surface area (Å²) in [6.07, 6.45) is 4.26. The van der Waals surface area contributed by atoms with E-state index in [1.54, 1.807) is 6.20 Å². The van der Waals surface area contributed by atoms with Crippen molar-refractivity contribution in [2.45, 2.75) is 38.6 Å². The van der Waals surface area contributed by atoms with E-state index in [0.29, 0.717) is 42.9 Å². The number of nitrogens with one attached hydrogen (secondary N) is 1. The fraction of sp³-hybridized carbons (Fsp3) is 0.346.